The number of benzene rings is 2. The summed E-state index contributed by atoms with van der Waals surface area (Å²) in [7, 11) is 0. The van der Waals surface area contributed by atoms with Crippen LogP contribution in [0.2, 0.25) is 5.02 Å². The summed E-state index contributed by atoms with van der Waals surface area (Å²) in [5.74, 6) is -0.238. The average Bonchev–Trinajstić information content (AvgIpc) is 3.18. The number of hydrogen-bond donors (Lipinski definition) is 1. The molecule has 0 fully saturated rings. The molecule has 2 heterocycles. The van der Waals surface area contributed by atoms with Gasteiger partial charge in [0.15, 0.2) is 0 Å². The highest BCUT2D eigenvalue weighted by Crippen LogP contribution is 2.24. The molecule has 0 radical (unpaired) electrons. The maximum Gasteiger partial charge on any atom is 0.410 e. The Hall–Kier alpha value is -2.97. The topological polar surface area (TPSA) is 84.4 Å². The summed E-state index contributed by atoms with van der Waals surface area (Å²) in [4.78, 5) is 26.8. The number of fused-ring (bicyclic) bond motifs is 1. The van der Waals surface area contributed by atoms with E-state index in [4.69, 9.17) is 16.3 Å². The van der Waals surface area contributed by atoms with E-state index in [1.165, 1.54) is 11.3 Å². The van der Waals surface area contributed by atoms with Gasteiger partial charge in [-0.3, -0.25) is 10.1 Å². The van der Waals surface area contributed by atoms with Gasteiger partial charge in [-0.25, -0.2) is 4.79 Å². The van der Waals surface area contributed by atoms with E-state index >= 15 is 0 Å². The lowest BCUT2D eigenvalue weighted by molar-refractivity contribution is 0.0224. The molecular formula is C24H25ClN4O3S. The molecule has 0 spiro atoms. The Morgan fingerprint density at radius 2 is 1.97 bits per heavy atom. The normalized spacial score (nSPS) is 13.4. The zero-order valence-electron chi connectivity index (χ0n) is 18.7. The minimum absolute atomic E-state index is 0.238. The summed E-state index contributed by atoms with van der Waals surface area (Å²) in [6, 6.07) is 13.1. The number of amides is 2. The molecule has 2 amide bonds. The van der Waals surface area contributed by atoms with Crippen LogP contribution in [0.15, 0.2) is 42.5 Å². The number of anilines is 1. The second-order valence-corrected chi connectivity index (χ2v) is 10.4. The van der Waals surface area contributed by atoms with Crippen molar-refractivity contribution in [2.24, 2.45) is 0 Å². The van der Waals surface area contributed by atoms with E-state index in [1.807, 2.05) is 57.2 Å². The second kappa shape index (κ2) is 9.49. The van der Waals surface area contributed by atoms with Gasteiger partial charge in [0, 0.05) is 30.1 Å². The van der Waals surface area contributed by atoms with Crippen LogP contribution in [0.25, 0.3) is 0 Å². The highest BCUT2D eigenvalue weighted by atomic mass is 35.5. The van der Waals surface area contributed by atoms with Crippen LogP contribution in [0.5, 0.6) is 0 Å². The van der Waals surface area contributed by atoms with Crippen molar-refractivity contribution in [2.75, 3.05) is 11.9 Å². The van der Waals surface area contributed by atoms with Gasteiger partial charge < -0.3 is 9.64 Å². The zero-order chi connectivity index (χ0) is 23.6. The monoisotopic (exact) mass is 484 g/mol. The lowest BCUT2D eigenvalue weighted by Gasteiger charge is -2.31. The minimum atomic E-state index is -0.530. The minimum Gasteiger partial charge on any atom is -0.444 e. The molecule has 0 bridgehead atoms. The fourth-order valence-electron chi connectivity index (χ4n) is 3.54. The third kappa shape index (κ3) is 6.09. The number of hydrogen-bond acceptors (Lipinski definition) is 6. The van der Waals surface area contributed by atoms with Crippen molar-refractivity contribution in [3.8, 4) is 0 Å². The lowest BCUT2D eigenvalue weighted by atomic mass is 9.97. The van der Waals surface area contributed by atoms with Crippen molar-refractivity contribution in [2.45, 2.75) is 45.8 Å². The Bertz CT molecular complexity index is 1190. The summed E-state index contributed by atoms with van der Waals surface area (Å²) in [6.07, 6.45) is 0.944. The van der Waals surface area contributed by atoms with Crippen LogP contribution in [-0.4, -0.2) is 39.2 Å². The van der Waals surface area contributed by atoms with Gasteiger partial charge in [-0.2, -0.15) is 0 Å². The molecule has 9 heteroatoms. The molecule has 0 atom stereocenters. The molecule has 4 rings (SSSR count). The maximum atomic E-state index is 12.8. The van der Waals surface area contributed by atoms with Crippen LogP contribution < -0.4 is 5.32 Å². The average molecular weight is 485 g/mol. The Morgan fingerprint density at radius 3 is 2.73 bits per heavy atom. The Balaban J connectivity index is 1.38. The third-order valence-corrected chi connectivity index (χ3v) is 6.14. The summed E-state index contributed by atoms with van der Waals surface area (Å²) in [6.45, 7) is 6.58. The molecule has 0 saturated heterocycles. The fourth-order valence-corrected chi connectivity index (χ4v) is 4.52. The molecule has 1 aliphatic heterocycles. The maximum absolute atomic E-state index is 12.8. The molecule has 33 heavy (non-hydrogen) atoms. The largest absolute Gasteiger partial charge is 0.444 e. The fraction of sp³-hybridized carbons (Fsp3) is 0.333. The molecule has 0 aliphatic carbocycles. The first kappa shape index (κ1) is 23.2. The van der Waals surface area contributed by atoms with Crippen LogP contribution in [0, 0.1) is 0 Å². The van der Waals surface area contributed by atoms with Crippen molar-refractivity contribution in [3.63, 3.8) is 0 Å². The van der Waals surface area contributed by atoms with Crippen molar-refractivity contribution in [1.82, 2.24) is 15.1 Å². The highest BCUT2D eigenvalue weighted by molar-refractivity contribution is 7.15. The van der Waals surface area contributed by atoms with Gasteiger partial charge in [-0.1, -0.05) is 41.1 Å². The standard InChI is InChI=1S/C24H25ClN4O3S/c1-24(2,3)32-23(31)29-10-9-16-13-17(7-8-18(16)14-29)21(30)26-22-28-27-20(33-22)12-15-5-4-6-19(25)11-15/h4-8,11,13H,9-10,12,14H2,1-3H3,(H,26,28,30). The molecule has 3 aromatic rings. The summed E-state index contributed by atoms with van der Waals surface area (Å²) < 4.78 is 5.47. The second-order valence-electron chi connectivity index (χ2n) is 8.90. The van der Waals surface area contributed by atoms with Crippen molar-refractivity contribution < 1.29 is 14.3 Å². The number of nitrogens with one attached hydrogen (secondary N) is 1. The van der Waals surface area contributed by atoms with E-state index in [9.17, 15) is 9.59 Å². The van der Waals surface area contributed by atoms with Crippen LogP contribution >= 0.6 is 22.9 Å². The Kier molecular flexibility index (Phi) is 6.67. The molecular weight excluding hydrogens is 460 g/mol. The number of rotatable bonds is 4. The number of halogens is 1. The SMILES string of the molecule is CC(C)(C)OC(=O)N1CCc2cc(C(=O)Nc3nnc(Cc4cccc(Cl)c4)s3)ccc2C1. The van der Waals surface area contributed by atoms with Gasteiger partial charge in [-0.15, -0.1) is 10.2 Å². The molecule has 1 aromatic heterocycles. The van der Waals surface area contributed by atoms with Crippen molar-refractivity contribution >= 4 is 40.1 Å². The smallest absolute Gasteiger partial charge is 0.410 e. The number of aromatic nitrogens is 2. The van der Waals surface area contributed by atoms with E-state index in [-0.39, 0.29) is 12.0 Å². The van der Waals surface area contributed by atoms with Crippen LogP contribution in [0.3, 0.4) is 0 Å². The molecule has 0 unspecified atom stereocenters. The van der Waals surface area contributed by atoms with Gasteiger partial charge in [0.25, 0.3) is 5.91 Å². The van der Waals surface area contributed by atoms with Crippen molar-refractivity contribution in [3.05, 3.63) is 74.7 Å². The molecule has 1 N–H and O–H groups in total. The quantitative estimate of drug-likeness (QED) is 0.541. The van der Waals surface area contributed by atoms with Gasteiger partial charge >= 0.3 is 6.09 Å². The number of nitrogens with zero attached hydrogens (tertiary/aromatic N) is 3. The van der Waals surface area contributed by atoms with Crippen LogP contribution in [-0.2, 0) is 24.1 Å². The molecule has 2 aromatic carbocycles. The zero-order valence-corrected chi connectivity index (χ0v) is 20.3. The Morgan fingerprint density at radius 1 is 1.15 bits per heavy atom. The molecule has 1 aliphatic rings. The van der Waals surface area contributed by atoms with Gasteiger partial charge in [0.1, 0.15) is 10.6 Å². The summed E-state index contributed by atoms with van der Waals surface area (Å²) in [5, 5.41) is 13.0. The first-order valence-electron chi connectivity index (χ1n) is 10.6. The van der Waals surface area contributed by atoms with Crippen LogP contribution in [0.4, 0.5) is 9.93 Å². The van der Waals surface area contributed by atoms with E-state index in [0.29, 0.717) is 41.6 Å². The predicted octanol–water partition coefficient (Wildman–Crippen LogP) is 5.33. The first-order valence-corrected chi connectivity index (χ1v) is 11.8. The summed E-state index contributed by atoms with van der Waals surface area (Å²) >= 11 is 7.37. The first-order chi connectivity index (χ1) is 15.7. The molecule has 0 saturated carbocycles. The number of carbonyl (C=O) groups excluding carboxylic acids is 2. The van der Waals surface area contributed by atoms with Crippen LogP contribution in [0.1, 0.15) is 52.8 Å². The van der Waals surface area contributed by atoms with Gasteiger partial charge in [0.2, 0.25) is 5.13 Å². The molecule has 172 valence electrons. The third-order valence-electron chi connectivity index (χ3n) is 5.06. The Labute approximate surface area is 201 Å². The van der Waals surface area contributed by atoms with Gasteiger partial charge in [-0.05, 0) is 68.1 Å². The molecule has 7 nitrogen and oxygen atoms in total. The number of carbonyl (C=O) groups is 2. The number of ether oxygens (including phenoxy) is 1. The van der Waals surface area contributed by atoms with E-state index in [1.54, 1.807) is 11.0 Å². The predicted molar refractivity (Wildman–Crippen MR) is 129 cm³/mol. The van der Waals surface area contributed by atoms with E-state index < -0.39 is 5.60 Å². The lowest BCUT2D eigenvalue weighted by Crippen LogP contribution is -2.39. The van der Waals surface area contributed by atoms with E-state index in [2.05, 4.69) is 15.5 Å². The van der Waals surface area contributed by atoms with E-state index in [0.717, 1.165) is 21.7 Å². The summed E-state index contributed by atoms with van der Waals surface area (Å²) in [5.41, 5.74) is 3.13. The highest BCUT2D eigenvalue weighted by Gasteiger charge is 2.26. The van der Waals surface area contributed by atoms with Gasteiger partial charge in [0.05, 0.1) is 0 Å². The van der Waals surface area contributed by atoms with Crippen molar-refractivity contribution in [1.29, 1.82) is 0 Å².